The molecule has 33 heavy (non-hydrogen) atoms. The Bertz CT molecular complexity index is 1440. The number of carbonyl (C=O) groups is 1. The van der Waals surface area contributed by atoms with Crippen LogP contribution < -0.4 is 10.1 Å². The Morgan fingerprint density at radius 2 is 1.79 bits per heavy atom. The lowest BCUT2D eigenvalue weighted by Crippen LogP contribution is -2.19. The molecule has 0 spiro atoms. The summed E-state index contributed by atoms with van der Waals surface area (Å²) in [5.41, 5.74) is 5.43. The number of benzene rings is 3. The van der Waals surface area contributed by atoms with Gasteiger partial charge in [0.15, 0.2) is 0 Å². The number of nitrogens with one attached hydrogen (secondary N) is 1. The first kappa shape index (κ1) is 20.7. The van der Waals surface area contributed by atoms with E-state index in [1.54, 1.807) is 4.68 Å². The molecule has 3 aromatic carbocycles. The van der Waals surface area contributed by atoms with Gasteiger partial charge in [0.05, 0.1) is 17.6 Å². The van der Waals surface area contributed by atoms with Crippen molar-refractivity contribution in [2.45, 2.75) is 20.4 Å². The summed E-state index contributed by atoms with van der Waals surface area (Å²) in [6.07, 6.45) is 1.85. The van der Waals surface area contributed by atoms with E-state index in [1.807, 2.05) is 79.9 Å². The van der Waals surface area contributed by atoms with Gasteiger partial charge in [-0.3, -0.25) is 14.5 Å². The quantitative estimate of drug-likeness (QED) is 0.376. The Kier molecular flexibility index (Phi) is 5.48. The lowest BCUT2D eigenvalue weighted by atomic mass is 10.1. The predicted octanol–water partition coefficient (Wildman–Crippen LogP) is 5.60. The lowest BCUT2D eigenvalue weighted by molar-refractivity contribution is -0.116. The van der Waals surface area contributed by atoms with Crippen molar-refractivity contribution in [1.82, 2.24) is 14.8 Å². The molecule has 0 saturated carbocycles. The van der Waals surface area contributed by atoms with Crippen LogP contribution in [0.1, 0.15) is 12.5 Å². The maximum Gasteiger partial charge on any atom is 0.246 e. The third-order valence-electron chi connectivity index (χ3n) is 5.52. The number of hydrogen-bond donors (Lipinski definition) is 1. The first-order chi connectivity index (χ1) is 16.1. The third kappa shape index (κ3) is 4.15. The van der Waals surface area contributed by atoms with Crippen molar-refractivity contribution in [2.75, 3.05) is 11.9 Å². The van der Waals surface area contributed by atoms with Gasteiger partial charge in [-0.2, -0.15) is 5.10 Å². The highest BCUT2D eigenvalue weighted by atomic mass is 16.5. The molecule has 1 amide bonds. The number of fused-ring (bicyclic) bond motifs is 3. The molecule has 0 aliphatic rings. The number of hydrogen-bond acceptors (Lipinski definition) is 4. The lowest BCUT2D eigenvalue weighted by Gasteiger charge is -2.09. The zero-order valence-corrected chi connectivity index (χ0v) is 18.6. The number of ether oxygens (including phenoxy) is 1. The number of anilines is 1. The third-order valence-corrected chi connectivity index (χ3v) is 5.52. The summed E-state index contributed by atoms with van der Waals surface area (Å²) in [7, 11) is 0. The fourth-order valence-electron chi connectivity index (χ4n) is 4.03. The van der Waals surface area contributed by atoms with Crippen LogP contribution in [-0.4, -0.2) is 27.3 Å². The Morgan fingerprint density at radius 3 is 2.55 bits per heavy atom. The number of aryl methyl sites for hydroxylation is 1. The second kappa shape index (κ2) is 8.74. The number of nitrogens with zero attached hydrogens (tertiary/aromatic N) is 3. The maximum absolute atomic E-state index is 13.0. The molecule has 5 rings (SSSR count). The van der Waals surface area contributed by atoms with Gasteiger partial charge >= 0.3 is 0 Å². The standard InChI is InChI=1S/C27H24N4O2/c1-3-33-21-12-10-20(11-13-21)29-25(32)17-31-27-22-15-18(2)9-14-24(22)28-16-23(27)26(30-31)19-7-5-4-6-8-19/h4-16H,3,17H2,1-2H3,(H,29,32). The van der Waals surface area contributed by atoms with Crippen molar-refractivity contribution in [3.8, 4) is 17.0 Å². The molecule has 6 heteroatoms. The van der Waals surface area contributed by atoms with Gasteiger partial charge < -0.3 is 10.1 Å². The van der Waals surface area contributed by atoms with Crippen molar-refractivity contribution < 1.29 is 9.53 Å². The highest BCUT2D eigenvalue weighted by molar-refractivity contribution is 6.08. The molecule has 0 fully saturated rings. The SMILES string of the molecule is CCOc1ccc(NC(=O)Cn2nc(-c3ccccc3)c3cnc4ccc(C)cc4c32)cc1. The van der Waals surface area contributed by atoms with Crippen molar-refractivity contribution in [1.29, 1.82) is 0 Å². The largest absolute Gasteiger partial charge is 0.494 e. The molecule has 0 aliphatic heterocycles. The molecular formula is C27H24N4O2. The van der Waals surface area contributed by atoms with Crippen molar-refractivity contribution in [3.05, 3.63) is 84.6 Å². The molecule has 0 unspecified atom stereocenters. The molecular weight excluding hydrogens is 412 g/mol. The summed E-state index contributed by atoms with van der Waals surface area (Å²) >= 11 is 0. The zero-order valence-electron chi connectivity index (χ0n) is 18.6. The Labute approximate surface area is 191 Å². The van der Waals surface area contributed by atoms with Crippen LogP contribution in [0.2, 0.25) is 0 Å². The van der Waals surface area contributed by atoms with Gasteiger partial charge in [0.25, 0.3) is 0 Å². The van der Waals surface area contributed by atoms with Gasteiger partial charge in [-0.1, -0.05) is 42.0 Å². The summed E-state index contributed by atoms with van der Waals surface area (Å²) in [4.78, 5) is 17.6. The average molecular weight is 437 g/mol. The van der Waals surface area contributed by atoms with Gasteiger partial charge in [0, 0.05) is 28.2 Å². The fourth-order valence-corrected chi connectivity index (χ4v) is 4.03. The Balaban J connectivity index is 1.55. The summed E-state index contributed by atoms with van der Waals surface area (Å²) < 4.78 is 7.25. The van der Waals surface area contributed by atoms with Crippen molar-refractivity contribution in [2.24, 2.45) is 0 Å². The molecule has 164 valence electrons. The second-order valence-corrected chi connectivity index (χ2v) is 7.92. The van der Waals surface area contributed by atoms with Gasteiger partial charge in [-0.05, 0) is 50.2 Å². The first-order valence-electron chi connectivity index (χ1n) is 11.0. The molecule has 2 aromatic heterocycles. The summed E-state index contributed by atoms with van der Waals surface area (Å²) in [6, 6.07) is 23.5. The average Bonchev–Trinajstić information content (AvgIpc) is 3.19. The van der Waals surface area contributed by atoms with E-state index >= 15 is 0 Å². The highest BCUT2D eigenvalue weighted by Gasteiger charge is 2.18. The maximum atomic E-state index is 13.0. The predicted molar refractivity (Wildman–Crippen MR) is 131 cm³/mol. The zero-order chi connectivity index (χ0) is 22.8. The first-order valence-corrected chi connectivity index (χ1v) is 11.0. The normalized spacial score (nSPS) is 11.1. The minimum atomic E-state index is -0.152. The number of rotatable bonds is 6. The van der Waals surface area contributed by atoms with Crippen LogP contribution in [-0.2, 0) is 11.3 Å². The van der Waals surface area contributed by atoms with Crippen molar-refractivity contribution in [3.63, 3.8) is 0 Å². The molecule has 0 aliphatic carbocycles. The van der Waals surface area contributed by atoms with E-state index in [2.05, 4.69) is 23.3 Å². The van der Waals surface area contributed by atoms with Gasteiger partial charge in [0.2, 0.25) is 5.91 Å². The van der Waals surface area contributed by atoms with Crippen LogP contribution in [0.5, 0.6) is 5.75 Å². The molecule has 0 bridgehead atoms. The van der Waals surface area contributed by atoms with Gasteiger partial charge in [-0.15, -0.1) is 0 Å². The van der Waals surface area contributed by atoms with Crippen LogP contribution >= 0.6 is 0 Å². The van der Waals surface area contributed by atoms with E-state index in [0.29, 0.717) is 12.3 Å². The molecule has 0 atom stereocenters. The Hall–Kier alpha value is -4.19. The molecule has 1 N–H and O–H groups in total. The topological polar surface area (TPSA) is 69.0 Å². The second-order valence-electron chi connectivity index (χ2n) is 7.92. The number of carbonyl (C=O) groups excluding carboxylic acids is 1. The molecule has 6 nitrogen and oxygen atoms in total. The minimum Gasteiger partial charge on any atom is -0.494 e. The number of amides is 1. The van der Waals surface area contributed by atoms with Crippen LogP contribution in [0, 0.1) is 6.92 Å². The van der Waals surface area contributed by atoms with E-state index < -0.39 is 0 Å². The van der Waals surface area contributed by atoms with E-state index in [4.69, 9.17) is 9.84 Å². The van der Waals surface area contributed by atoms with Crippen LogP contribution in [0.3, 0.4) is 0 Å². The summed E-state index contributed by atoms with van der Waals surface area (Å²) in [5, 5.41) is 9.72. The van der Waals surface area contributed by atoms with Crippen molar-refractivity contribution >= 4 is 33.4 Å². The molecule has 0 radical (unpaired) electrons. The smallest absolute Gasteiger partial charge is 0.246 e. The summed E-state index contributed by atoms with van der Waals surface area (Å²) in [6.45, 7) is 4.68. The van der Waals surface area contributed by atoms with Crippen LogP contribution in [0.15, 0.2) is 79.0 Å². The molecule has 0 saturated heterocycles. The van der Waals surface area contributed by atoms with Crippen LogP contribution in [0.25, 0.3) is 33.1 Å². The van der Waals surface area contributed by atoms with E-state index in [-0.39, 0.29) is 12.5 Å². The van der Waals surface area contributed by atoms with E-state index in [9.17, 15) is 4.79 Å². The number of aromatic nitrogens is 3. The highest BCUT2D eigenvalue weighted by Crippen LogP contribution is 2.32. The monoisotopic (exact) mass is 436 g/mol. The van der Waals surface area contributed by atoms with Gasteiger partial charge in [0.1, 0.15) is 18.0 Å². The number of pyridine rings is 1. The minimum absolute atomic E-state index is 0.0869. The molecule has 2 heterocycles. The molecule has 5 aromatic rings. The van der Waals surface area contributed by atoms with Gasteiger partial charge in [-0.25, -0.2) is 0 Å². The van der Waals surface area contributed by atoms with E-state index in [1.165, 1.54) is 0 Å². The fraction of sp³-hybridized carbons (Fsp3) is 0.148. The van der Waals surface area contributed by atoms with Crippen LogP contribution in [0.4, 0.5) is 5.69 Å². The summed E-state index contributed by atoms with van der Waals surface area (Å²) in [5.74, 6) is 0.621. The van der Waals surface area contributed by atoms with E-state index in [0.717, 1.165) is 44.4 Å². The Morgan fingerprint density at radius 1 is 1.00 bits per heavy atom.